The number of aryl methyl sites for hydroxylation is 1. The molecule has 0 aliphatic rings. The van der Waals surface area contributed by atoms with Crippen LogP contribution in [0.4, 0.5) is 5.69 Å². The number of nitrogens with zero attached hydrogens (tertiary/aromatic N) is 2. The number of carbonyl (C=O) groups is 2. The summed E-state index contributed by atoms with van der Waals surface area (Å²) in [6.07, 6.45) is 1.38. The zero-order chi connectivity index (χ0) is 19.5. The van der Waals surface area contributed by atoms with E-state index < -0.39 is 5.97 Å². The zero-order valence-corrected chi connectivity index (χ0v) is 14.9. The number of ether oxygens (including phenoxy) is 1. The highest BCUT2D eigenvalue weighted by Crippen LogP contribution is 2.20. The number of amides is 1. The van der Waals surface area contributed by atoms with E-state index in [2.05, 4.69) is 15.5 Å². The van der Waals surface area contributed by atoms with Crippen LogP contribution in [0.2, 0.25) is 0 Å². The zero-order valence-electron chi connectivity index (χ0n) is 14.9. The molecular formula is C21H15N3O4. The third-order valence-corrected chi connectivity index (χ3v) is 4.10. The van der Waals surface area contributed by atoms with E-state index in [9.17, 15) is 9.59 Å². The standard InChI is InChI=1S/C21H15N3O4/c1-13-18-11-15(12-22-20(18)28-24-13)21(26)27-17-9-7-16(8-10-17)23-19(25)14-5-3-2-4-6-14/h2-12H,1H3,(H,23,25). The predicted octanol–water partition coefficient (Wildman–Crippen LogP) is 4.00. The maximum absolute atomic E-state index is 12.4. The van der Waals surface area contributed by atoms with Gasteiger partial charge in [0.25, 0.3) is 11.6 Å². The third-order valence-electron chi connectivity index (χ3n) is 4.10. The van der Waals surface area contributed by atoms with Gasteiger partial charge in [-0.3, -0.25) is 4.79 Å². The van der Waals surface area contributed by atoms with Crippen LogP contribution in [0.5, 0.6) is 5.75 Å². The van der Waals surface area contributed by atoms with E-state index in [4.69, 9.17) is 9.26 Å². The van der Waals surface area contributed by atoms with Gasteiger partial charge in [0.15, 0.2) is 0 Å². The number of nitrogens with one attached hydrogen (secondary N) is 1. The Labute approximate surface area is 159 Å². The second-order valence-corrected chi connectivity index (χ2v) is 6.08. The molecule has 1 N–H and O–H groups in total. The van der Waals surface area contributed by atoms with Gasteiger partial charge in [0.2, 0.25) is 0 Å². The topological polar surface area (TPSA) is 94.3 Å². The monoisotopic (exact) mass is 373 g/mol. The fraction of sp³-hybridized carbons (Fsp3) is 0.0476. The molecule has 138 valence electrons. The molecule has 0 bridgehead atoms. The molecular weight excluding hydrogens is 358 g/mol. The SMILES string of the molecule is Cc1noc2ncc(C(=O)Oc3ccc(NC(=O)c4ccccc4)cc3)cc12. The second-order valence-electron chi connectivity index (χ2n) is 6.08. The lowest BCUT2D eigenvalue weighted by molar-refractivity contribution is 0.0734. The van der Waals surface area contributed by atoms with Crippen molar-refractivity contribution in [3.8, 4) is 5.75 Å². The molecule has 0 aliphatic carbocycles. The van der Waals surface area contributed by atoms with Gasteiger partial charge in [-0.2, -0.15) is 0 Å². The van der Waals surface area contributed by atoms with Gasteiger partial charge in [0, 0.05) is 17.4 Å². The van der Waals surface area contributed by atoms with Crippen LogP contribution in [0.25, 0.3) is 11.1 Å². The number of fused-ring (bicyclic) bond motifs is 1. The van der Waals surface area contributed by atoms with Gasteiger partial charge >= 0.3 is 5.97 Å². The van der Waals surface area contributed by atoms with Gasteiger partial charge in [0.05, 0.1) is 16.6 Å². The minimum absolute atomic E-state index is 0.214. The van der Waals surface area contributed by atoms with Gasteiger partial charge in [-0.1, -0.05) is 23.4 Å². The van der Waals surface area contributed by atoms with Crippen LogP contribution in [-0.4, -0.2) is 22.0 Å². The molecule has 0 fully saturated rings. The summed E-state index contributed by atoms with van der Waals surface area (Å²) in [6.45, 7) is 1.77. The number of aromatic nitrogens is 2. The number of pyridine rings is 1. The Hall–Kier alpha value is -4.00. The lowest BCUT2D eigenvalue weighted by atomic mass is 10.2. The fourth-order valence-electron chi connectivity index (χ4n) is 2.62. The van der Waals surface area contributed by atoms with E-state index in [1.807, 2.05) is 6.07 Å². The maximum atomic E-state index is 12.4. The molecule has 7 heteroatoms. The van der Waals surface area contributed by atoms with Crippen molar-refractivity contribution in [1.82, 2.24) is 10.1 Å². The highest BCUT2D eigenvalue weighted by Gasteiger charge is 2.14. The highest BCUT2D eigenvalue weighted by molar-refractivity contribution is 6.04. The molecule has 0 radical (unpaired) electrons. The van der Waals surface area contributed by atoms with E-state index in [1.54, 1.807) is 61.5 Å². The number of benzene rings is 2. The first-order valence-electron chi connectivity index (χ1n) is 8.51. The Balaban J connectivity index is 1.44. The summed E-state index contributed by atoms with van der Waals surface area (Å²) < 4.78 is 10.4. The van der Waals surface area contributed by atoms with E-state index in [0.717, 1.165) is 0 Å². The van der Waals surface area contributed by atoms with E-state index in [1.165, 1.54) is 6.20 Å². The molecule has 0 aliphatic heterocycles. The Morgan fingerprint density at radius 3 is 2.50 bits per heavy atom. The van der Waals surface area contributed by atoms with Crippen molar-refractivity contribution in [1.29, 1.82) is 0 Å². The van der Waals surface area contributed by atoms with Crippen LogP contribution in [-0.2, 0) is 0 Å². The van der Waals surface area contributed by atoms with Crippen LogP contribution in [0.1, 0.15) is 26.4 Å². The third kappa shape index (κ3) is 3.59. The number of esters is 1. The minimum atomic E-state index is -0.545. The molecule has 4 rings (SSSR count). The van der Waals surface area contributed by atoms with Crippen LogP contribution in [0.3, 0.4) is 0 Å². The van der Waals surface area contributed by atoms with Crippen molar-refractivity contribution in [2.45, 2.75) is 6.92 Å². The Kier molecular flexibility index (Phi) is 4.55. The van der Waals surface area contributed by atoms with Crippen LogP contribution < -0.4 is 10.1 Å². The number of hydrogen-bond donors (Lipinski definition) is 1. The first kappa shape index (κ1) is 17.4. The maximum Gasteiger partial charge on any atom is 0.345 e. The Morgan fingerprint density at radius 1 is 1.00 bits per heavy atom. The van der Waals surface area contributed by atoms with E-state index in [-0.39, 0.29) is 5.91 Å². The number of carbonyl (C=O) groups excluding carboxylic acids is 2. The molecule has 4 aromatic rings. The number of hydrogen-bond acceptors (Lipinski definition) is 6. The highest BCUT2D eigenvalue weighted by atomic mass is 16.5. The van der Waals surface area contributed by atoms with E-state index >= 15 is 0 Å². The lowest BCUT2D eigenvalue weighted by Crippen LogP contribution is -2.12. The molecule has 2 aromatic heterocycles. The lowest BCUT2D eigenvalue weighted by Gasteiger charge is -2.07. The van der Waals surface area contributed by atoms with Crippen LogP contribution in [0.15, 0.2) is 71.4 Å². The summed E-state index contributed by atoms with van der Waals surface area (Å²) in [5.41, 5.74) is 2.46. The molecule has 0 atom stereocenters. The van der Waals surface area contributed by atoms with Gasteiger partial charge < -0.3 is 14.6 Å². The average Bonchev–Trinajstić information content (AvgIpc) is 3.10. The van der Waals surface area contributed by atoms with Gasteiger partial charge in [-0.05, 0) is 49.4 Å². The van der Waals surface area contributed by atoms with Gasteiger partial charge in [0.1, 0.15) is 5.75 Å². The molecule has 0 saturated carbocycles. The van der Waals surface area contributed by atoms with Crippen molar-refractivity contribution < 1.29 is 18.8 Å². The smallest absolute Gasteiger partial charge is 0.345 e. The van der Waals surface area contributed by atoms with Crippen molar-refractivity contribution in [2.24, 2.45) is 0 Å². The summed E-state index contributed by atoms with van der Waals surface area (Å²) >= 11 is 0. The number of anilines is 1. The first-order chi connectivity index (χ1) is 13.6. The molecule has 0 unspecified atom stereocenters. The summed E-state index contributed by atoms with van der Waals surface area (Å²) in [5, 5.41) is 7.26. The van der Waals surface area contributed by atoms with E-state index in [0.29, 0.717) is 39.4 Å². The van der Waals surface area contributed by atoms with Crippen molar-refractivity contribution in [2.75, 3.05) is 5.32 Å². The predicted molar refractivity (Wildman–Crippen MR) is 102 cm³/mol. The fourth-order valence-corrected chi connectivity index (χ4v) is 2.62. The molecule has 0 saturated heterocycles. The summed E-state index contributed by atoms with van der Waals surface area (Å²) in [5.74, 6) is -0.408. The quantitative estimate of drug-likeness (QED) is 0.429. The molecule has 2 aromatic carbocycles. The van der Waals surface area contributed by atoms with Crippen molar-refractivity contribution in [3.05, 3.63) is 83.7 Å². The normalized spacial score (nSPS) is 10.6. The molecule has 7 nitrogen and oxygen atoms in total. The Morgan fingerprint density at radius 2 is 1.75 bits per heavy atom. The second kappa shape index (κ2) is 7.32. The van der Waals surface area contributed by atoms with Crippen molar-refractivity contribution >= 4 is 28.7 Å². The average molecular weight is 373 g/mol. The molecule has 2 heterocycles. The Bertz CT molecular complexity index is 1150. The summed E-state index contributed by atoms with van der Waals surface area (Å²) in [4.78, 5) is 28.6. The minimum Gasteiger partial charge on any atom is -0.423 e. The summed E-state index contributed by atoms with van der Waals surface area (Å²) in [6, 6.07) is 17.1. The first-order valence-corrected chi connectivity index (χ1v) is 8.51. The number of rotatable bonds is 4. The largest absolute Gasteiger partial charge is 0.423 e. The van der Waals surface area contributed by atoms with Gasteiger partial charge in [-0.25, -0.2) is 9.78 Å². The molecule has 1 amide bonds. The van der Waals surface area contributed by atoms with Crippen molar-refractivity contribution in [3.63, 3.8) is 0 Å². The summed E-state index contributed by atoms with van der Waals surface area (Å²) in [7, 11) is 0. The van der Waals surface area contributed by atoms with Gasteiger partial charge in [-0.15, -0.1) is 0 Å². The van der Waals surface area contributed by atoms with Crippen LogP contribution >= 0.6 is 0 Å². The van der Waals surface area contributed by atoms with Crippen LogP contribution in [0, 0.1) is 6.92 Å². The molecule has 28 heavy (non-hydrogen) atoms. The molecule has 0 spiro atoms.